The first-order valence-corrected chi connectivity index (χ1v) is 10.9. The molecule has 0 unspecified atom stereocenters. The quantitative estimate of drug-likeness (QED) is 0.707. The van der Waals surface area contributed by atoms with E-state index in [4.69, 9.17) is 15.2 Å². The minimum Gasteiger partial charge on any atom is -0.493 e. The van der Waals surface area contributed by atoms with Crippen LogP contribution in [0.2, 0.25) is 0 Å². The number of nitrogen functional groups attached to an aromatic ring is 1. The van der Waals surface area contributed by atoms with Gasteiger partial charge in [0, 0.05) is 44.0 Å². The fourth-order valence-corrected chi connectivity index (χ4v) is 4.43. The Morgan fingerprint density at radius 2 is 2.03 bits per heavy atom. The van der Waals surface area contributed by atoms with E-state index in [0.717, 1.165) is 13.0 Å². The average Bonchev–Trinajstić information content (AvgIpc) is 2.83. The Bertz CT molecular complexity index is 1040. The highest BCUT2D eigenvalue weighted by Gasteiger charge is 2.27. The molecule has 0 aliphatic carbocycles. The van der Waals surface area contributed by atoms with Crippen LogP contribution in [-0.4, -0.2) is 73.8 Å². The van der Waals surface area contributed by atoms with Crippen LogP contribution in [0.3, 0.4) is 0 Å². The molecule has 2 aliphatic rings. The first-order valence-electron chi connectivity index (χ1n) is 10.9. The van der Waals surface area contributed by atoms with Crippen molar-refractivity contribution in [2.45, 2.75) is 31.7 Å². The third-order valence-electron chi connectivity index (χ3n) is 6.21. The standard InChI is InChI=1S/C22H29N7O3/c1-31-17-12-15-19(16(13-23)20(17)32-2)26-22(27-21(15)24)29-9-7-28(8-10-29)18(30)11-14-5-3-4-6-25-14/h12,14,25H,3-11H2,1-2H3,(H2,24,26,27)/t14-/m0/s1. The van der Waals surface area contributed by atoms with Crippen molar-refractivity contribution in [1.82, 2.24) is 20.2 Å². The number of piperidine rings is 1. The summed E-state index contributed by atoms with van der Waals surface area (Å²) in [6, 6.07) is 4.13. The molecule has 10 nitrogen and oxygen atoms in total. The molecule has 3 N–H and O–H groups in total. The number of piperazine rings is 1. The second-order valence-corrected chi connectivity index (χ2v) is 8.12. The molecule has 0 bridgehead atoms. The van der Waals surface area contributed by atoms with Gasteiger partial charge in [-0.15, -0.1) is 0 Å². The van der Waals surface area contributed by atoms with E-state index in [0.29, 0.717) is 61.0 Å². The maximum Gasteiger partial charge on any atom is 0.228 e. The summed E-state index contributed by atoms with van der Waals surface area (Å²) in [5.41, 5.74) is 6.91. The Hall–Kier alpha value is -3.32. The maximum absolute atomic E-state index is 12.7. The van der Waals surface area contributed by atoms with E-state index in [-0.39, 0.29) is 23.3 Å². The van der Waals surface area contributed by atoms with Gasteiger partial charge in [0.05, 0.1) is 19.7 Å². The summed E-state index contributed by atoms with van der Waals surface area (Å²) < 4.78 is 10.7. The van der Waals surface area contributed by atoms with Gasteiger partial charge in [0.2, 0.25) is 11.9 Å². The molecule has 0 radical (unpaired) electrons. The lowest BCUT2D eigenvalue weighted by molar-refractivity contribution is -0.132. The van der Waals surface area contributed by atoms with E-state index in [1.165, 1.54) is 27.1 Å². The summed E-state index contributed by atoms with van der Waals surface area (Å²) in [7, 11) is 2.98. The van der Waals surface area contributed by atoms with Crippen LogP contribution in [0, 0.1) is 11.3 Å². The second kappa shape index (κ2) is 9.44. The molecule has 1 amide bonds. The van der Waals surface area contributed by atoms with Crippen LogP contribution in [0.25, 0.3) is 10.9 Å². The lowest BCUT2D eigenvalue weighted by Gasteiger charge is -2.36. The maximum atomic E-state index is 12.7. The Labute approximate surface area is 187 Å². The van der Waals surface area contributed by atoms with Crippen molar-refractivity contribution in [3.8, 4) is 17.6 Å². The number of carbonyl (C=O) groups excluding carboxylic acids is 1. The van der Waals surface area contributed by atoms with Gasteiger partial charge in [-0.3, -0.25) is 4.79 Å². The fraction of sp³-hybridized carbons (Fsp3) is 0.545. The predicted octanol–water partition coefficient (Wildman–Crippen LogP) is 1.28. The normalized spacial score (nSPS) is 19.0. The zero-order chi connectivity index (χ0) is 22.7. The molecule has 2 aromatic rings. The Morgan fingerprint density at radius 3 is 2.66 bits per heavy atom. The summed E-state index contributed by atoms with van der Waals surface area (Å²) in [6.45, 7) is 3.40. The van der Waals surface area contributed by atoms with Crippen molar-refractivity contribution in [3.63, 3.8) is 0 Å². The number of benzene rings is 1. The number of hydrogen-bond acceptors (Lipinski definition) is 9. The van der Waals surface area contributed by atoms with Gasteiger partial charge in [0.25, 0.3) is 0 Å². The van der Waals surface area contributed by atoms with E-state index in [9.17, 15) is 10.1 Å². The molecular weight excluding hydrogens is 410 g/mol. The number of fused-ring (bicyclic) bond motifs is 1. The third-order valence-corrected chi connectivity index (χ3v) is 6.21. The largest absolute Gasteiger partial charge is 0.493 e. The number of nitrogens with zero attached hydrogens (tertiary/aromatic N) is 5. The van der Waals surface area contributed by atoms with Crippen molar-refractivity contribution in [1.29, 1.82) is 5.26 Å². The summed E-state index contributed by atoms with van der Waals surface area (Å²) in [5, 5.41) is 13.7. The predicted molar refractivity (Wildman–Crippen MR) is 121 cm³/mol. The molecule has 2 saturated heterocycles. The first kappa shape index (κ1) is 21.9. The van der Waals surface area contributed by atoms with Gasteiger partial charge in [0.1, 0.15) is 17.5 Å². The van der Waals surface area contributed by atoms with Crippen LogP contribution in [-0.2, 0) is 4.79 Å². The van der Waals surface area contributed by atoms with Crippen LogP contribution in [0.1, 0.15) is 31.2 Å². The Balaban J connectivity index is 1.52. The summed E-state index contributed by atoms with van der Waals surface area (Å²) in [4.78, 5) is 25.7. The number of methoxy groups -OCH3 is 2. The van der Waals surface area contributed by atoms with E-state index in [2.05, 4.69) is 21.4 Å². The van der Waals surface area contributed by atoms with Gasteiger partial charge in [-0.2, -0.15) is 10.2 Å². The van der Waals surface area contributed by atoms with Gasteiger partial charge in [-0.1, -0.05) is 6.42 Å². The van der Waals surface area contributed by atoms with Gasteiger partial charge >= 0.3 is 0 Å². The van der Waals surface area contributed by atoms with E-state index < -0.39 is 0 Å². The van der Waals surface area contributed by atoms with Crippen molar-refractivity contribution in [2.75, 3.05) is 57.6 Å². The molecule has 1 aromatic heterocycles. The molecule has 1 atom stereocenters. The SMILES string of the molecule is COc1cc2c(N)nc(N3CCN(C(=O)C[C@@H]4CCCCN4)CC3)nc2c(C#N)c1OC. The number of nitriles is 1. The van der Waals surface area contributed by atoms with Gasteiger partial charge in [0.15, 0.2) is 11.5 Å². The number of carbonyl (C=O) groups is 1. The first-order chi connectivity index (χ1) is 15.5. The smallest absolute Gasteiger partial charge is 0.228 e. The van der Waals surface area contributed by atoms with Crippen LogP contribution in [0.15, 0.2) is 6.07 Å². The molecule has 0 spiro atoms. The zero-order valence-electron chi connectivity index (χ0n) is 18.6. The molecule has 0 saturated carbocycles. The molecule has 4 rings (SSSR count). The van der Waals surface area contributed by atoms with Gasteiger partial charge < -0.3 is 30.3 Å². The molecule has 2 fully saturated rings. The van der Waals surface area contributed by atoms with E-state index >= 15 is 0 Å². The number of ether oxygens (including phenoxy) is 2. The Kier molecular flexibility index (Phi) is 6.46. The molecular formula is C22H29N7O3. The second-order valence-electron chi connectivity index (χ2n) is 8.12. The third kappa shape index (κ3) is 4.21. The minimum absolute atomic E-state index is 0.187. The van der Waals surface area contributed by atoms with Crippen molar-refractivity contribution in [3.05, 3.63) is 11.6 Å². The number of rotatable bonds is 5. The van der Waals surface area contributed by atoms with E-state index in [1.54, 1.807) is 6.07 Å². The Morgan fingerprint density at radius 1 is 1.25 bits per heavy atom. The van der Waals surface area contributed by atoms with Crippen molar-refractivity contribution in [2.24, 2.45) is 0 Å². The molecule has 32 heavy (non-hydrogen) atoms. The summed E-state index contributed by atoms with van der Waals surface area (Å²) in [5.74, 6) is 1.62. The number of anilines is 2. The minimum atomic E-state index is 0.187. The lowest BCUT2D eigenvalue weighted by atomic mass is 10.0. The molecule has 1 aromatic carbocycles. The monoisotopic (exact) mass is 439 g/mol. The highest BCUT2D eigenvalue weighted by atomic mass is 16.5. The summed E-state index contributed by atoms with van der Waals surface area (Å²) in [6.07, 6.45) is 3.98. The number of nitrogens with one attached hydrogen (secondary N) is 1. The molecule has 10 heteroatoms. The molecule has 2 aliphatic heterocycles. The van der Waals surface area contributed by atoms with Crippen LogP contribution in [0.4, 0.5) is 11.8 Å². The van der Waals surface area contributed by atoms with Crippen molar-refractivity contribution < 1.29 is 14.3 Å². The number of aromatic nitrogens is 2. The topological polar surface area (TPSA) is 130 Å². The average molecular weight is 440 g/mol. The highest BCUT2D eigenvalue weighted by Crippen LogP contribution is 2.38. The number of nitrogens with two attached hydrogens (primary N) is 1. The van der Waals surface area contributed by atoms with Gasteiger partial charge in [-0.25, -0.2) is 4.98 Å². The molecule has 3 heterocycles. The van der Waals surface area contributed by atoms with Crippen LogP contribution < -0.4 is 25.4 Å². The lowest BCUT2D eigenvalue weighted by Crippen LogP contribution is -2.50. The highest BCUT2D eigenvalue weighted by molar-refractivity contribution is 5.96. The van der Waals surface area contributed by atoms with Gasteiger partial charge in [-0.05, 0) is 25.5 Å². The number of amides is 1. The summed E-state index contributed by atoms with van der Waals surface area (Å²) >= 11 is 0. The van der Waals surface area contributed by atoms with E-state index in [1.807, 2.05) is 9.80 Å². The molecule has 170 valence electrons. The zero-order valence-corrected chi connectivity index (χ0v) is 18.6. The fourth-order valence-electron chi connectivity index (χ4n) is 4.43. The van der Waals surface area contributed by atoms with Crippen LogP contribution in [0.5, 0.6) is 11.5 Å². The van der Waals surface area contributed by atoms with Crippen molar-refractivity contribution >= 4 is 28.6 Å². The van der Waals surface area contributed by atoms with Crippen LogP contribution >= 0.6 is 0 Å². The number of hydrogen-bond donors (Lipinski definition) is 2.